The van der Waals surface area contributed by atoms with Gasteiger partial charge in [0.15, 0.2) is 11.6 Å². The molecular formula is C11H11ClF4N2. The lowest BCUT2D eigenvalue weighted by Crippen LogP contribution is -2.28. The fourth-order valence-electron chi connectivity index (χ4n) is 2.01. The number of hydrogen-bond donors (Lipinski definition) is 0. The maximum absolute atomic E-state index is 13.9. The van der Waals surface area contributed by atoms with Crippen LogP contribution in [0.3, 0.4) is 0 Å². The molecule has 2 rings (SSSR count). The lowest BCUT2D eigenvalue weighted by Gasteiger charge is -2.19. The first-order valence-corrected chi connectivity index (χ1v) is 5.98. The van der Waals surface area contributed by atoms with Gasteiger partial charge in [0.25, 0.3) is 0 Å². The number of pyridine rings is 1. The summed E-state index contributed by atoms with van der Waals surface area (Å²) in [5.41, 5.74) is 0.247. The van der Waals surface area contributed by atoms with Crippen LogP contribution < -0.4 is 4.90 Å². The van der Waals surface area contributed by atoms with E-state index in [1.54, 1.807) is 0 Å². The zero-order valence-corrected chi connectivity index (χ0v) is 10.1. The van der Waals surface area contributed by atoms with E-state index in [4.69, 9.17) is 11.6 Å². The van der Waals surface area contributed by atoms with Gasteiger partial charge in [0.1, 0.15) is 0 Å². The van der Waals surface area contributed by atoms with E-state index in [1.807, 2.05) is 0 Å². The van der Waals surface area contributed by atoms with Crippen LogP contribution in [0.25, 0.3) is 0 Å². The zero-order chi connectivity index (χ0) is 13.3. The molecule has 1 atom stereocenters. The summed E-state index contributed by atoms with van der Waals surface area (Å²) in [5, 5.41) is 0. The molecule has 2 nitrogen and oxygen atoms in total. The standard InChI is InChI=1S/C11H11ClF4N2/c12-5-7-1-3-17-10(9(7)13)18-4-2-8(6-18)11(14,15)16/h1,3,8H,2,4-6H2. The number of alkyl halides is 4. The third-order valence-corrected chi connectivity index (χ3v) is 3.33. The van der Waals surface area contributed by atoms with Crippen LogP contribution in [0.5, 0.6) is 0 Å². The summed E-state index contributed by atoms with van der Waals surface area (Å²) >= 11 is 5.55. The summed E-state index contributed by atoms with van der Waals surface area (Å²) in [6.45, 7) is -0.0982. The van der Waals surface area contributed by atoms with Gasteiger partial charge >= 0.3 is 6.18 Å². The van der Waals surface area contributed by atoms with E-state index in [-0.39, 0.29) is 36.8 Å². The van der Waals surface area contributed by atoms with E-state index in [0.29, 0.717) is 0 Å². The van der Waals surface area contributed by atoms with Crippen molar-refractivity contribution in [3.05, 3.63) is 23.6 Å². The number of rotatable bonds is 2. The molecule has 1 unspecified atom stereocenters. The molecule has 100 valence electrons. The number of anilines is 1. The maximum Gasteiger partial charge on any atom is 0.393 e. The molecule has 2 heterocycles. The highest BCUT2D eigenvalue weighted by atomic mass is 35.5. The second-order valence-corrected chi connectivity index (χ2v) is 4.48. The van der Waals surface area contributed by atoms with E-state index < -0.39 is 17.9 Å². The molecule has 1 aliphatic rings. The van der Waals surface area contributed by atoms with Crippen molar-refractivity contribution in [2.24, 2.45) is 5.92 Å². The van der Waals surface area contributed by atoms with Crippen molar-refractivity contribution in [3.63, 3.8) is 0 Å². The predicted octanol–water partition coefficient (Wildman–Crippen LogP) is 3.35. The minimum atomic E-state index is -4.24. The lowest BCUT2D eigenvalue weighted by molar-refractivity contribution is -0.168. The van der Waals surface area contributed by atoms with Crippen LogP contribution in [-0.2, 0) is 5.88 Å². The SMILES string of the molecule is Fc1c(CCl)ccnc1N1CCC(C(F)(F)F)C1. The zero-order valence-electron chi connectivity index (χ0n) is 9.34. The molecule has 1 aliphatic heterocycles. The van der Waals surface area contributed by atoms with Crippen LogP contribution in [-0.4, -0.2) is 24.2 Å². The number of hydrogen-bond acceptors (Lipinski definition) is 2. The summed E-state index contributed by atoms with van der Waals surface area (Å²) in [6.07, 6.45) is -2.91. The van der Waals surface area contributed by atoms with Gasteiger partial charge in [-0.05, 0) is 12.5 Å². The van der Waals surface area contributed by atoms with Gasteiger partial charge in [-0.2, -0.15) is 13.2 Å². The van der Waals surface area contributed by atoms with Crippen molar-refractivity contribution in [2.75, 3.05) is 18.0 Å². The van der Waals surface area contributed by atoms with E-state index in [9.17, 15) is 17.6 Å². The maximum atomic E-state index is 13.9. The monoisotopic (exact) mass is 282 g/mol. The van der Waals surface area contributed by atoms with E-state index in [0.717, 1.165) is 0 Å². The lowest BCUT2D eigenvalue weighted by atomic mass is 10.1. The molecule has 1 saturated heterocycles. The molecule has 0 aromatic carbocycles. The fourth-order valence-corrected chi connectivity index (χ4v) is 2.22. The Balaban J connectivity index is 2.20. The molecule has 18 heavy (non-hydrogen) atoms. The van der Waals surface area contributed by atoms with Crippen LogP contribution in [0.1, 0.15) is 12.0 Å². The molecule has 0 spiro atoms. The molecule has 0 amide bonds. The highest BCUT2D eigenvalue weighted by Crippen LogP contribution is 2.35. The van der Waals surface area contributed by atoms with Crippen molar-refractivity contribution in [3.8, 4) is 0 Å². The van der Waals surface area contributed by atoms with Crippen molar-refractivity contribution in [2.45, 2.75) is 18.5 Å². The summed E-state index contributed by atoms with van der Waals surface area (Å²) in [7, 11) is 0. The van der Waals surface area contributed by atoms with Gasteiger partial charge in [-0.1, -0.05) is 0 Å². The van der Waals surface area contributed by atoms with Crippen LogP contribution in [0.2, 0.25) is 0 Å². The normalized spacial score (nSPS) is 20.5. The molecule has 1 aromatic rings. The van der Waals surface area contributed by atoms with Gasteiger partial charge in [0, 0.05) is 24.8 Å². The Morgan fingerprint density at radius 2 is 2.17 bits per heavy atom. The summed E-state index contributed by atoms with van der Waals surface area (Å²) < 4.78 is 51.5. The van der Waals surface area contributed by atoms with Gasteiger partial charge in [0.05, 0.1) is 11.8 Å². The Kier molecular flexibility index (Phi) is 3.66. The van der Waals surface area contributed by atoms with Crippen LogP contribution in [0.15, 0.2) is 12.3 Å². The fraction of sp³-hybridized carbons (Fsp3) is 0.545. The Bertz CT molecular complexity index is 436. The van der Waals surface area contributed by atoms with E-state index in [2.05, 4.69) is 4.98 Å². The summed E-state index contributed by atoms with van der Waals surface area (Å²) in [5.74, 6) is -2.12. The number of aromatic nitrogens is 1. The van der Waals surface area contributed by atoms with Gasteiger partial charge in [-0.3, -0.25) is 0 Å². The molecule has 0 radical (unpaired) electrons. The second kappa shape index (κ2) is 4.91. The first kappa shape index (κ1) is 13.4. The van der Waals surface area contributed by atoms with E-state index in [1.165, 1.54) is 17.2 Å². The molecule has 0 N–H and O–H groups in total. The third kappa shape index (κ3) is 2.53. The summed E-state index contributed by atoms with van der Waals surface area (Å²) in [4.78, 5) is 5.13. The minimum absolute atomic E-state index is 0.0299. The van der Waals surface area contributed by atoms with Crippen molar-refractivity contribution >= 4 is 17.4 Å². The molecule has 0 saturated carbocycles. The summed E-state index contributed by atoms with van der Waals surface area (Å²) in [6, 6.07) is 1.42. The average molecular weight is 283 g/mol. The van der Waals surface area contributed by atoms with Crippen molar-refractivity contribution < 1.29 is 17.6 Å². The van der Waals surface area contributed by atoms with Gasteiger partial charge < -0.3 is 4.90 Å². The second-order valence-electron chi connectivity index (χ2n) is 4.21. The quantitative estimate of drug-likeness (QED) is 0.611. The first-order chi connectivity index (χ1) is 8.43. The van der Waals surface area contributed by atoms with Crippen LogP contribution >= 0.6 is 11.6 Å². The van der Waals surface area contributed by atoms with Crippen LogP contribution in [0.4, 0.5) is 23.4 Å². The molecular weight excluding hydrogens is 272 g/mol. The molecule has 7 heteroatoms. The largest absolute Gasteiger partial charge is 0.393 e. The number of halogens is 5. The Morgan fingerprint density at radius 3 is 2.72 bits per heavy atom. The average Bonchev–Trinajstić information content (AvgIpc) is 2.78. The predicted molar refractivity (Wildman–Crippen MR) is 60.1 cm³/mol. The topological polar surface area (TPSA) is 16.1 Å². The Hall–Kier alpha value is -1.04. The number of nitrogens with zero attached hydrogens (tertiary/aromatic N) is 2. The Morgan fingerprint density at radius 1 is 1.44 bits per heavy atom. The van der Waals surface area contributed by atoms with E-state index >= 15 is 0 Å². The van der Waals surface area contributed by atoms with Gasteiger partial charge in [-0.15, -0.1) is 11.6 Å². The van der Waals surface area contributed by atoms with Crippen LogP contribution in [0, 0.1) is 11.7 Å². The highest BCUT2D eigenvalue weighted by molar-refractivity contribution is 6.17. The van der Waals surface area contributed by atoms with Gasteiger partial charge in [-0.25, -0.2) is 9.37 Å². The molecule has 1 fully saturated rings. The molecule has 1 aromatic heterocycles. The van der Waals surface area contributed by atoms with Gasteiger partial charge in [0.2, 0.25) is 0 Å². The molecule has 0 aliphatic carbocycles. The van der Waals surface area contributed by atoms with Crippen molar-refractivity contribution in [1.82, 2.24) is 4.98 Å². The highest BCUT2D eigenvalue weighted by Gasteiger charge is 2.44. The Labute approximate surface area is 107 Å². The van der Waals surface area contributed by atoms with Crippen molar-refractivity contribution in [1.29, 1.82) is 0 Å². The third-order valence-electron chi connectivity index (χ3n) is 3.05. The first-order valence-electron chi connectivity index (χ1n) is 5.44. The minimum Gasteiger partial charge on any atom is -0.354 e. The molecule has 0 bridgehead atoms. The smallest absolute Gasteiger partial charge is 0.354 e.